The highest BCUT2D eigenvalue weighted by Crippen LogP contribution is 2.08. The second-order valence-corrected chi connectivity index (χ2v) is 9.65. The predicted molar refractivity (Wildman–Crippen MR) is 153 cm³/mol. The first-order valence-corrected chi connectivity index (χ1v) is 12.7. The SMILES string of the molecule is CC(C)(C)OC(=O)NCC(=O)N/C(=C/c1ccccc1)C(=O)NCC(=O)N/C(=C/c1ccccc1)C(=O)NCC(=O)O. The van der Waals surface area contributed by atoms with E-state index in [9.17, 15) is 28.8 Å². The summed E-state index contributed by atoms with van der Waals surface area (Å²) in [6, 6.07) is 17.1. The van der Waals surface area contributed by atoms with Gasteiger partial charge in [0.1, 0.15) is 30.1 Å². The number of carboxylic acid groups (broad SMARTS) is 1. The molecule has 2 aromatic rings. The fourth-order valence-electron chi connectivity index (χ4n) is 3.11. The monoisotopic (exact) mass is 579 g/mol. The molecule has 0 fully saturated rings. The van der Waals surface area contributed by atoms with Crippen LogP contribution >= 0.6 is 0 Å². The molecule has 0 atom stereocenters. The van der Waals surface area contributed by atoms with E-state index in [1.807, 2.05) is 0 Å². The largest absolute Gasteiger partial charge is 0.480 e. The number of aliphatic carboxylic acids is 1. The summed E-state index contributed by atoms with van der Waals surface area (Å²) in [5.74, 6) is -4.49. The maximum Gasteiger partial charge on any atom is 0.408 e. The van der Waals surface area contributed by atoms with Crippen molar-refractivity contribution in [2.24, 2.45) is 0 Å². The zero-order valence-corrected chi connectivity index (χ0v) is 23.4. The third kappa shape index (κ3) is 13.1. The van der Waals surface area contributed by atoms with Gasteiger partial charge in [-0.25, -0.2) is 4.79 Å². The summed E-state index contributed by atoms with van der Waals surface area (Å²) in [6.07, 6.45) is 1.90. The number of carbonyl (C=O) groups excluding carboxylic acids is 5. The summed E-state index contributed by atoms with van der Waals surface area (Å²) in [4.78, 5) is 73.3. The Morgan fingerprint density at radius 3 is 1.48 bits per heavy atom. The van der Waals surface area contributed by atoms with E-state index in [0.717, 1.165) is 0 Å². The third-order valence-corrected chi connectivity index (χ3v) is 4.86. The van der Waals surface area contributed by atoms with Crippen LogP contribution in [0.5, 0.6) is 0 Å². The number of hydrogen-bond acceptors (Lipinski definition) is 7. The molecule has 0 radical (unpaired) electrons. The molecule has 0 saturated carbocycles. The highest BCUT2D eigenvalue weighted by Gasteiger charge is 2.19. The number of benzene rings is 2. The van der Waals surface area contributed by atoms with Crippen molar-refractivity contribution in [3.05, 3.63) is 83.2 Å². The van der Waals surface area contributed by atoms with E-state index in [1.165, 1.54) is 12.2 Å². The van der Waals surface area contributed by atoms with Crippen LogP contribution in [-0.4, -0.2) is 66.0 Å². The number of ether oxygens (including phenoxy) is 1. The molecule has 5 amide bonds. The lowest BCUT2D eigenvalue weighted by molar-refractivity contribution is -0.137. The number of rotatable bonds is 12. The lowest BCUT2D eigenvalue weighted by Crippen LogP contribution is -2.44. The van der Waals surface area contributed by atoms with Gasteiger partial charge in [-0.1, -0.05) is 60.7 Å². The molecule has 222 valence electrons. The molecule has 0 aliphatic heterocycles. The first-order valence-electron chi connectivity index (χ1n) is 12.7. The highest BCUT2D eigenvalue weighted by molar-refractivity contribution is 6.05. The van der Waals surface area contributed by atoms with E-state index in [1.54, 1.807) is 81.4 Å². The summed E-state index contributed by atoms with van der Waals surface area (Å²) in [5.41, 5.74) is -0.117. The van der Waals surface area contributed by atoms with Gasteiger partial charge in [-0.15, -0.1) is 0 Å². The molecule has 0 aliphatic carbocycles. The minimum absolute atomic E-state index is 0.218. The summed E-state index contributed by atoms with van der Waals surface area (Å²) in [7, 11) is 0. The van der Waals surface area contributed by atoms with Gasteiger partial charge in [-0.05, 0) is 44.1 Å². The molecule has 42 heavy (non-hydrogen) atoms. The topological polar surface area (TPSA) is 192 Å². The molecule has 2 rings (SSSR count). The van der Waals surface area contributed by atoms with Crippen molar-refractivity contribution in [3.63, 3.8) is 0 Å². The summed E-state index contributed by atoms with van der Waals surface area (Å²) in [6.45, 7) is 3.22. The molecule has 0 spiro atoms. The van der Waals surface area contributed by atoms with Gasteiger partial charge in [0, 0.05) is 0 Å². The fourth-order valence-corrected chi connectivity index (χ4v) is 3.11. The van der Waals surface area contributed by atoms with Gasteiger partial charge in [0.15, 0.2) is 0 Å². The molecule has 13 nitrogen and oxygen atoms in total. The number of hydrogen-bond donors (Lipinski definition) is 6. The molecule has 0 bridgehead atoms. The molecule has 0 saturated heterocycles. The second kappa shape index (κ2) is 16.0. The van der Waals surface area contributed by atoms with Gasteiger partial charge in [0.25, 0.3) is 11.8 Å². The Morgan fingerprint density at radius 2 is 1.07 bits per heavy atom. The summed E-state index contributed by atoms with van der Waals surface area (Å²) >= 11 is 0. The van der Waals surface area contributed by atoms with Crippen molar-refractivity contribution in [3.8, 4) is 0 Å². The molecule has 0 aliphatic rings. The van der Waals surface area contributed by atoms with Crippen molar-refractivity contribution in [2.75, 3.05) is 19.6 Å². The Labute approximate surface area is 242 Å². The first-order chi connectivity index (χ1) is 19.8. The van der Waals surface area contributed by atoms with Gasteiger partial charge < -0.3 is 36.4 Å². The van der Waals surface area contributed by atoms with Gasteiger partial charge in [0.05, 0.1) is 6.54 Å². The average Bonchev–Trinajstić information content (AvgIpc) is 2.93. The van der Waals surface area contributed by atoms with Crippen molar-refractivity contribution >= 4 is 47.8 Å². The van der Waals surface area contributed by atoms with Crippen LogP contribution in [0.3, 0.4) is 0 Å². The number of carbonyl (C=O) groups is 6. The Morgan fingerprint density at radius 1 is 0.667 bits per heavy atom. The van der Waals surface area contributed by atoms with E-state index in [2.05, 4.69) is 26.6 Å². The van der Waals surface area contributed by atoms with E-state index >= 15 is 0 Å². The lowest BCUT2D eigenvalue weighted by atomic mass is 10.2. The van der Waals surface area contributed by atoms with Crippen LogP contribution in [0.1, 0.15) is 31.9 Å². The van der Waals surface area contributed by atoms with Crippen molar-refractivity contribution in [1.29, 1.82) is 0 Å². The maximum atomic E-state index is 13.0. The normalized spacial score (nSPS) is 11.5. The third-order valence-electron chi connectivity index (χ3n) is 4.86. The van der Waals surface area contributed by atoms with Crippen LogP contribution in [0.25, 0.3) is 12.2 Å². The van der Waals surface area contributed by atoms with E-state index in [4.69, 9.17) is 9.84 Å². The Hall–Kier alpha value is -5.46. The van der Waals surface area contributed by atoms with E-state index < -0.39 is 60.9 Å². The molecule has 6 N–H and O–H groups in total. The highest BCUT2D eigenvalue weighted by atomic mass is 16.6. The quantitative estimate of drug-likeness (QED) is 0.202. The standard InChI is InChI=1S/C29H33N5O8/c1-29(2,3)42-28(41)32-17-24(36)34-21(14-19-10-6-4-7-11-19)26(39)30-16-23(35)33-22(27(40)31-18-25(37)38)15-20-12-8-5-9-13-20/h4-15H,16-18H2,1-3H3,(H,30,39)(H,31,40)(H,32,41)(H,33,35)(H,34,36)(H,37,38)/b21-14+,22-15+. The lowest BCUT2D eigenvalue weighted by Gasteiger charge is -2.19. The Balaban J connectivity index is 2.10. The van der Waals surface area contributed by atoms with Crippen LogP contribution in [0.15, 0.2) is 72.1 Å². The van der Waals surface area contributed by atoms with Crippen molar-refractivity contribution < 1.29 is 38.6 Å². The molecule has 0 aromatic heterocycles. The second-order valence-electron chi connectivity index (χ2n) is 9.65. The molecule has 0 heterocycles. The van der Waals surface area contributed by atoms with E-state index in [0.29, 0.717) is 11.1 Å². The molecular formula is C29H33N5O8. The van der Waals surface area contributed by atoms with Gasteiger partial charge in [-0.3, -0.25) is 24.0 Å². The van der Waals surface area contributed by atoms with Gasteiger partial charge in [0.2, 0.25) is 11.8 Å². The Bertz CT molecular complexity index is 1350. The number of amides is 5. The van der Waals surface area contributed by atoms with Gasteiger partial charge >= 0.3 is 12.1 Å². The van der Waals surface area contributed by atoms with Gasteiger partial charge in [-0.2, -0.15) is 0 Å². The van der Waals surface area contributed by atoms with Crippen molar-refractivity contribution in [1.82, 2.24) is 26.6 Å². The smallest absolute Gasteiger partial charge is 0.408 e. The average molecular weight is 580 g/mol. The van der Waals surface area contributed by atoms with Crippen molar-refractivity contribution in [2.45, 2.75) is 26.4 Å². The number of alkyl carbamates (subject to hydrolysis) is 1. The molecular weight excluding hydrogens is 546 g/mol. The number of carboxylic acids is 1. The summed E-state index contributed by atoms with van der Waals surface area (Å²) in [5, 5.41) is 20.4. The zero-order valence-electron chi connectivity index (χ0n) is 23.4. The van der Waals surface area contributed by atoms with Crippen LogP contribution in [0.4, 0.5) is 4.79 Å². The summed E-state index contributed by atoms with van der Waals surface area (Å²) < 4.78 is 5.08. The Kier molecular flexibility index (Phi) is 12.4. The number of nitrogens with one attached hydrogen (secondary N) is 5. The van der Waals surface area contributed by atoms with Crippen LogP contribution < -0.4 is 26.6 Å². The minimum Gasteiger partial charge on any atom is -0.480 e. The van der Waals surface area contributed by atoms with Crippen LogP contribution in [-0.2, 0) is 28.7 Å². The molecule has 2 aromatic carbocycles. The van der Waals surface area contributed by atoms with Crippen LogP contribution in [0.2, 0.25) is 0 Å². The van der Waals surface area contributed by atoms with Crippen LogP contribution in [0, 0.1) is 0 Å². The molecule has 13 heteroatoms. The first kappa shape index (κ1) is 32.8. The maximum absolute atomic E-state index is 13.0. The molecule has 0 unspecified atom stereocenters. The zero-order chi connectivity index (χ0) is 31.1. The fraction of sp³-hybridized carbons (Fsp3) is 0.241. The minimum atomic E-state index is -1.28. The predicted octanol–water partition coefficient (Wildman–Crippen LogP) is 1.14. The van der Waals surface area contributed by atoms with E-state index in [-0.39, 0.29) is 11.4 Å².